The van der Waals surface area contributed by atoms with Crippen molar-refractivity contribution in [2.75, 3.05) is 11.9 Å². The second-order valence-electron chi connectivity index (χ2n) is 3.12. The molecule has 0 saturated carbocycles. The number of anilines is 1. The summed E-state index contributed by atoms with van der Waals surface area (Å²) in [6, 6.07) is 8.38. The molecule has 14 heavy (non-hydrogen) atoms. The lowest BCUT2D eigenvalue weighted by molar-refractivity contribution is 0.0368. The van der Waals surface area contributed by atoms with Crippen molar-refractivity contribution in [2.24, 2.45) is 0 Å². The van der Waals surface area contributed by atoms with Crippen LogP contribution in [0, 0.1) is 11.3 Å². The van der Waals surface area contributed by atoms with E-state index in [4.69, 9.17) is 5.26 Å². The number of hydrogen-bond donors (Lipinski definition) is 1. The summed E-state index contributed by atoms with van der Waals surface area (Å²) < 4.78 is 24.9. The van der Waals surface area contributed by atoms with Crippen molar-refractivity contribution >= 4 is 5.69 Å². The van der Waals surface area contributed by atoms with E-state index in [1.54, 1.807) is 18.2 Å². The molecule has 0 aliphatic rings. The van der Waals surface area contributed by atoms with Crippen LogP contribution in [0.5, 0.6) is 0 Å². The highest BCUT2D eigenvalue weighted by Gasteiger charge is 2.20. The molecule has 74 valence electrons. The van der Waals surface area contributed by atoms with Crippen molar-refractivity contribution in [1.82, 2.24) is 0 Å². The van der Waals surface area contributed by atoms with E-state index in [0.29, 0.717) is 11.3 Å². The first kappa shape index (κ1) is 10.5. The van der Waals surface area contributed by atoms with E-state index < -0.39 is 12.5 Å². The number of rotatable bonds is 3. The van der Waals surface area contributed by atoms with Crippen LogP contribution in [0.4, 0.5) is 14.5 Å². The molecule has 0 unspecified atom stereocenters. The van der Waals surface area contributed by atoms with Gasteiger partial charge in [-0.1, -0.05) is 6.07 Å². The lowest BCUT2D eigenvalue weighted by Crippen LogP contribution is -2.22. The van der Waals surface area contributed by atoms with Crippen LogP contribution in [0.1, 0.15) is 12.5 Å². The number of benzene rings is 1. The van der Waals surface area contributed by atoms with Gasteiger partial charge in [-0.05, 0) is 18.2 Å². The molecule has 0 bridgehead atoms. The molecule has 1 N–H and O–H groups in total. The number of halogens is 2. The van der Waals surface area contributed by atoms with Gasteiger partial charge >= 0.3 is 0 Å². The van der Waals surface area contributed by atoms with Crippen molar-refractivity contribution in [3.63, 3.8) is 0 Å². The zero-order valence-electron chi connectivity index (χ0n) is 7.72. The van der Waals surface area contributed by atoms with E-state index in [0.717, 1.165) is 6.92 Å². The topological polar surface area (TPSA) is 35.8 Å². The third kappa shape index (κ3) is 3.40. The molecule has 4 heteroatoms. The molecule has 0 amide bonds. The van der Waals surface area contributed by atoms with Gasteiger partial charge in [0.1, 0.15) is 0 Å². The second-order valence-corrected chi connectivity index (χ2v) is 3.12. The van der Waals surface area contributed by atoms with E-state index in [2.05, 4.69) is 5.32 Å². The van der Waals surface area contributed by atoms with Crippen LogP contribution in [0.15, 0.2) is 24.3 Å². The smallest absolute Gasteiger partial charge is 0.262 e. The highest BCUT2D eigenvalue weighted by Crippen LogP contribution is 2.15. The fourth-order valence-electron chi connectivity index (χ4n) is 0.956. The second kappa shape index (κ2) is 4.05. The van der Waals surface area contributed by atoms with E-state index in [-0.39, 0.29) is 0 Å². The first-order chi connectivity index (χ1) is 6.51. The van der Waals surface area contributed by atoms with Crippen molar-refractivity contribution < 1.29 is 8.78 Å². The Kier molecular flexibility index (Phi) is 3.03. The summed E-state index contributed by atoms with van der Waals surface area (Å²) >= 11 is 0. The first-order valence-corrected chi connectivity index (χ1v) is 4.13. The lowest BCUT2D eigenvalue weighted by Gasteiger charge is -2.12. The van der Waals surface area contributed by atoms with Gasteiger partial charge in [0.2, 0.25) is 0 Å². The molecule has 0 aromatic heterocycles. The van der Waals surface area contributed by atoms with Crippen molar-refractivity contribution in [2.45, 2.75) is 12.8 Å². The van der Waals surface area contributed by atoms with Crippen molar-refractivity contribution in [3.8, 4) is 6.07 Å². The minimum absolute atomic E-state index is 0.429. The fourth-order valence-corrected chi connectivity index (χ4v) is 0.956. The van der Waals surface area contributed by atoms with Crippen LogP contribution in [0.25, 0.3) is 0 Å². The SMILES string of the molecule is CC(F)(F)CNc1cccc(C#N)c1. The molecule has 0 aliphatic heterocycles. The maximum absolute atomic E-state index is 12.5. The van der Waals surface area contributed by atoms with Crippen LogP contribution in [0.3, 0.4) is 0 Å². The summed E-state index contributed by atoms with van der Waals surface area (Å²) in [5, 5.41) is 11.1. The zero-order valence-corrected chi connectivity index (χ0v) is 7.72. The molecule has 0 radical (unpaired) electrons. The molecule has 0 spiro atoms. The molecule has 0 saturated heterocycles. The van der Waals surface area contributed by atoms with Gasteiger partial charge in [0.05, 0.1) is 18.2 Å². The third-order valence-electron chi connectivity index (χ3n) is 1.59. The molecule has 0 heterocycles. The number of alkyl halides is 2. The molecule has 1 aromatic carbocycles. The van der Waals surface area contributed by atoms with Gasteiger partial charge in [0.25, 0.3) is 5.92 Å². The average Bonchev–Trinajstić information content (AvgIpc) is 2.14. The van der Waals surface area contributed by atoms with Crippen LogP contribution in [-0.2, 0) is 0 Å². The minimum Gasteiger partial charge on any atom is -0.379 e. The fraction of sp³-hybridized carbons (Fsp3) is 0.300. The summed E-state index contributed by atoms with van der Waals surface area (Å²) in [5.41, 5.74) is 0.986. The number of nitriles is 1. The Hall–Kier alpha value is -1.63. The van der Waals surface area contributed by atoms with E-state index in [1.165, 1.54) is 6.07 Å². The van der Waals surface area contributed by atoms with Crippen LogP contribution in [0.2, 0.25) is 0 Å². The Labute approximate surface area is 81.2 Å². The van der Waals surface area contributed by atoms with Crippen LogP contribution >= 0.6 is 0 Å². The number of hydrogen-bond acceptors (Lipinski definition) is 2. The van der Waals surface area contributed by atoms with Gasteiger partial charge in [0.15, 0.2) is 0 Å². The first-order valence-electron chi connectivity index (χ1n) is 4.13. The van der Waals surface area contributed by atoms with Gasteiger partial charge < -0.3 is 5.32 Å². The normalized spacial score (nSPS) is 10.7. The molecule has 0 atom stereocenters. The minimum atomic E-state index is -2.75. The maximum Gasteiger partial charge on any atom is 0.262 e. The van der Waals surface area contributed by atoms with Crippen LogP contribution < -0.4 is 5.32 Å². The molecular weight excluding hydrogens is 186 g/mol. The van der Waals surface area contributed by atoms with Gasteiger partial charge in [-0.25, -0.2) is 8.78 Å². The largest absolute Gasteiger partial charge is 0.379 e. The quantitative estimate of drug-likeness (QED) is 0.806. The molecule has 1 rings (SSSR count). The van der Waals surface area contributed by atoms with Crippen molar-refractivity contribution in [3.05, 3.63) is 29.8 Å². The van der Waals surface area contributed by atoms with E-state index in [9.17, 15) is 8.78 Å². The average molecular weight is 196 g/mol. The van der Waals surface area contributed by atoms with Gasteiger partial charge in [0, 0.05) is 12.6 Å². The Morgan fingerprint density at radius 1 is 1.50 bits per heavy atom. The third-order valence-corrected chi connectivity index (χ3v) is 1.59. The highest BCUT2D eigenvalue weighted by atomic mass is 19.3. The maximum atomic E-state index is 12.5. The van der Waals surface area contributed by atoms with Gasteiger partial charge in [-0.2, -0.15) is 5.26 Å². The predicted molar refractivity (Wildman–Crippen MR) is 50.3 cm³/mol. The van der Waals surface area contributed by atoms with E-state index in [1.807, 2.05) is 6.07 Å². The summed E-state index contributed by atoms with van der Waals surface area (Å²) in [7, 11) is 0. The van der Waals surface area contributed by atoms with Gasteiger partial charge in [-0.3, -0.25) is 0 Å². The Bertz CT molecular complexity index is 350. The van der Waals surface area contributed by atoms with Crippen molar-refractivity contribution in [1.29, 1.82) is 5.26 Å². The Balaban J connectivity index is 2.65. The monoisotopic (exact) mass is 196 g/mol. The van der Waals surface area contributed by atoms with E-state index >= 15 is 0 Å². The predicted octanol–water partition coefficient (Wildman–Crippen LogP) is 2.63. The Morgan fingerprint density at radius 2 is 2.21 bits per heavy atom. The molecule has 0 aliphatic carbocycles. The number of nitrogens with one attached hydrogen (secondary N) is 1. The standard InChI is InChI=1S/C10H10F2N2/c1-10(11,12)7-14-9-4-2-3-8(5-9)6-13/h2-5,14H,7H2,1H3. The summed E-state index contributed by atoms with van der Waals surface area (Å²) in [4.78, 5) is 0. The van der Waals surface area contributed by atoms with Crippen LogP contribution in [-0.4, -0.2) is 12.5 Å². The molecule has 0 fully saturated rings. The zero-order chi connectivity index (χ0) is 10.6. The lowest BCUT2D eigenvalue weighted by atomic mass is 10.2. The highest BCUT2D eigenvalue weighted by molar-refractivity contribution is 5.49. The summed E-state index contributed by atoms with van der Waals surface area (Å²) in [6.45, 7) is 0.413. The molecular formula is C10H10F2N2. The van der Waals surface area contributed by atoms with Gasteiger partial charge in [-0.15, -0.1) is 0 Å². The molecule has 2 nitrogen and oxygen atoms in total. The summed E-state index contributed by atoms with van der Waals surface area (Å²) in [6.07, 6.45) is 0. The number of nitrogens with zero attached hydrogens (tertiary/aromatic N) is 1. The summed E-state index contributed by atoms with van der Waals surface area (Å²) in [5.74, 6) is -2.75. The molecule has 1 aromatic rings. The Morgan fingerprint density at radius 3 is 2.79 bits per heavy atom.